The monoisotopic (exact) mass is 295 g/mol. The normalized spacial score (nSPS) is 13.9. The topological polar surface area (TPSA) is 81.8 Å². The van der Waals surface area contributed by atoms with Gasteiger partial charge in [0.05, 0.1) is 0 Å². The van der Waals surface area contributed by atoms with Crippen molar-refractivity contribution in [2.75, 3.05) is 33.5 Å². The van der Waals surface area contributed by atoms with Crippen LogP contribution in [0.1, 0.15) is 24.0 Å². The van der Waals surface area contributed by atoms with E-state index in [-0.39, 0.29) is 6.54 Å². The molecule has 0 bridgehead atoms. The highest BCUT2D eigenvalue weighted by molar-refractivity contribution is 5.81. The fourth-order valence-corrected chi connectivity index (χ4v) is 2.21. The van der Waals surface area contributed by atoms with Gasteiger partial charge in [-0.3, -0.25) is 4.79 Å². The quantitative estimate of drug-likeness (QED) is 0.642. The molecule has 0 aromatic heterocycles. The van der Waals surface area contributed by atoms with E-state index in [0.717, 1.165) is 17.5 Å². The van der Waals surface area contributed by atoms with Gasteiger partial charge in [-0.05, 0) is 25.3 Å². The maximum atomic E-state index is 11.7. The Bertz CT molecular complexity index is 432. The summed E-state index contributed by atoms with van der Waals surface area (Å²) in [5.74, 6) is -0.908. The van der Waals surface area contributed by atoms with Crippen molar-refractivity contribution in [2.45, 2.75) is 25.2 Å². The van der Waals surface area contributed by atoms with Crippen molar-refractivity contribution in [1.82, 2.24) is 0 Å². The van der Waals surface area contributed by atoms with Crippen LogP contribution in [0.15, 0.2) is 24.3 Å². The summed E-state index contributed by atoms with van der Waals surface area (Å²) in [5, 5.41) is 9.63. The Morgan fingerprint density at radius 2 is 1.90 bits per heavy atom. The Kier molecular flexibility index (Phi) is 7.36. The highest BCUT2D eigenvalue weighted by Crippen LogP contribution is 2.28. The second-order valence-corrected chi connectivity index (χ2v) is 5.17. The van der Waals surface area contributed by atoms with Crippen molar-refractivity contribution >= 4 is 5.97 Å². The first-order valence-corrected chi connectivity index (χ1v) is 7.14. The van der Waals surface area contributed by atoms with Gasteiger partial charge in [0, 0.05) is 33.5 Å². The number of hydrogen-bond acceptors (Lipinski definition) is 4. The lowest BCUT2D eigenvalue weighted by molar-refractivity contribution is -0.144. The lowest BCUT2D eigenvalue weighted by atomic mass is 9.77. The summed E-state index contributed by atoms with van der Waals surface area (Å²) < 4.78 is 10.4. The molecule has 0 fully saturated rings. The molecule has 5 heteroatoms. The number of ether oxygens (including phenoxy) is 2. The van der Waals surface area contributed by atoms with Crippen LogP contribution in [-0.4, -0.2) is 44.6 Å². The van der Waals surface area contributed by atoms with Crippen LogP contribution < -0.4 is 5.73 Å². The summed E-state index contributed by atoms with van der Waals surface area (Å²) in [6.45, 7) is 3.57. The van der Waals surface area contributed by atoms with E-state index in [2.05, 4.69) is 0 Å². The molecule has 0 heterocycles. The first-order chi connectivity index (χ1) is 10.1. The van der Waals surface area contributed by atoms with Crippen LogP contribution in [0.25, 0.3) is 0 Å². The molecule has 0 radical (unpaired) electrons. The van der Waals surface area contributed by atoms with Crippen LogP contribution in [0, 0.1) is 6.92 Å². The van der Waals surface area contributed by atoms with Crippen molar-refractivity contribution in [3.05, 3.63) is 35.4 Å². The number of hydrogen-bond donors (Lipinski definition) is 2. The van der Waals surface area contributed by atoms with Gasteiger partial charge >= 0.3 is 5.97 Å². The molecule has 0 aliphatic rings. The summed E-state index contributed by atoms with van der Waals surface area (Å²) in [4.78, 5) is 11.7. The fraction of sp³-hybridized carbons (Fsp3) is 0.562. The largest absolute Gasteiger partial charge is 0.481 e. The van der Waals surface area contributed by atoms with Gasteiger partial charge in [0.25, 0.3) is 0 Å². The highest BCUT2D eigenvalue weighted by atomic mass is 16.5. The van der Waals surface area contributed by atoms with E-state index < -0.39 is 11.4 Å². The van der Waals surface area contributed by atoms with Crippen LogP contribution in [0.3, 0.4) is 0 Å². The Balaban J connectivity index is 2.71. The van der Waals surface area contributed by atoms with Crippen molar-refractivity contribution in [1.29, 1.82) is 0 Å². The number of carboxylic acids is 1. The third kappa shape index (κ3) is 4.81. The predicted octanol–water partition coefficient (Wildman–Crippen LogP) is 1.72. The van der Waals surface area contributed by atoms with E-state index in [1.165, 1.54) is 0 Å². The van der Waals surface area contributed by atoms with Crippen molar-refractivity contribution in [3.8, 4) is 0 Å². The lowest BCUT2D eigenvalue weighted by Crippen LogP contribution is -2.44. The summed E-state index contributed by atoms with van der Waals surface area (Å²) in [6, 6.07) is 7.48. The van der Waals surface area contributed by atoms with Crippen LogP contribution in [0.2, 0.25) is 0 Å². The van der Waals surface area contributed by atoms with E-state index in [0.29, 0.717) is 26.2 Å². The molecule has 0 saturated heterocycles. The molecule has 1 atom stereocenters. The molecule has 3 N–H and O–H groups in total. The summed E-state index contributed by atoms with van der Waals surface area (Å²) in [6.07, 6.45) is 1.15. The van der Waals surface area contributed by atoms with E-state index in [4.69, 9.17) is 15.2 Å². The minimum atomic E-state index is -1.09. The van der Waals surface area contributed by atoms with Crippen LogP contribution in [0.5, 0.6) is 0 Å². The standard InChI is InChI=1S/C16H25NO4/c1-13-4-6-14(7-5-13)16(12-17,15(18)19)8-11-21-10-3-9-20-2/h4-7H,3,8-12,17H2,1-2H3,(H,18,19). The van der Waals surface area contributed by atoms with Gasteiger partial charge in [-0.15, -0.1) is 0 Å². The predicted molar refractivity (Wildman–Crippen MR) is 81.5 cm³/mol. The zero-order chi connectivity index (χ0) is 15.7. The minimum Gasteiger partial charge on any atom is -0.481 e. The number of aliphatic carboxylic acids is 1. The minimum absolute atomic E-state index is 0.0484. The molecule has 21 heavy (non-hydrogen) atoms. The maximum Gasteiger partial charge on any atom is 0.315 e. The number of rotatable bonds is 10. The first kappa shape index (κ1) is 17.6. The van der Waals surface area contributed by atoms with Crippen molar-refractivity contribution in [3.63, 3.8) is 0 Å². The molecular formula is C16H25NO4. The Hall–Kier alpha value is -1.43. The molecule has 5 nitrogen and oxygen atoms in total. The molecule has 0 aliphatic carbocycles. The fourth-order valence-electron chi connectivity index (χ4n) is 2.21. The van der Waals surface area contributed by atoms with Crippen LogP contribution >= 0.6 is 0 Å². The summed E-state index contributed by atoms with van der Waals surface area (Å²) >= 11 is 0. The zero-order valence-electron chi connectivity index (χ0n) is 12.8. The zero-order valence-corrected chi connectivity index (χ0v) is 12.8. The molecule has 0 amide bonds. The van der Waals surface area contributed by atoms with Gasteiger partial charge in [-0.25, -0.2) is 0 Å². The highest BCUT2D eigenvalue weighted by Gasteiger charge is 2.38. The first-order valence-electron chi connectivity index (χ1n) is 7.14. The Morgan fingerprint density at radius 3 is 2.43 bits per heavy atom. The molecule has 1 rings (SSSR count). The lowest BCUT2D eigenvalue weighted by Gasteiger charge is -2.28. The second kappa shape index (κ2) is 8.77. The average Bonchev–Trinajstić information content (AvgIpc) is 2.48. The van der Waals surface area contributed by atoms with Gasteiger partial charge in [-0.1, -0.05) is 29.8 Å². The molecule has 0 spiro atoms. The molecule has 118 valence electrons. The average molecular weight is 295 g/mol. The maximum absolute atomic E-state index is 11.7. The third-order valence-corrected chi connectivity index (χ3v) is 3.67. The molecule has 0 saturated carbocycles. The Labute approximate surface area is 126 Å². The summed E-state index contributed by atoms with van der Waals surface area (Å²) in [5.41, 5.74) is 6.51. The number of carboxylic acid groups (broad SMARTS) is 1. The Morgan fingerprint density at radius 1 is 1.24 bits per heavy atom. The van der Waals surface area contributed by atoms with Gasteiger partial charge in [0.2, 0.25) is 0 Å². The number of carbonyl (C=O) groups is 1. The number of nitrogens with two attached hydrogens (primary N) is 1. The van der Waals surface area contributed by atoms with Crippen LogP contribution in [-0.2, 0) is 19.7 Å². The van der Waals surface area contributed by atoms with Gasteiger partial charge < -0.3 is 20.3 Å². The molecule has 1 aromatic carbocycles. The van der Waals surface area contributed by atoms with E-state index in [1.807, 2.05) is 31.2 Å². The smallest absolute Gasteiger partial charge is 0.315 e. The SMILES string of the molecule is COCCCOCCC(CN)(C(=O)O)c1ccc(C)cc1. The molecule has 1 aromatic rings. The van der Waals surface area contributed by atoms with E-state index >= 15 is 0 Å². The number of benzene rings is 1. The van der Waals surface area contributed by atoms with E-state index in [1.54, 1.807) is 7.11 Å². The van der Waals surface area contributed by atoms with Gasteiger partial charge in [-0.2, -0.15) is 0 Å². The van der Waals surface area contributed by atoms with Crippen molar-refractivity contribution < 1.29 is 19.4 Å². The summed E-state index contributed by atoms with van der Waals surface area (Å²) in [7, 11) is 1.64. The van der Waals surface area contributed by atoms with Crippen LogP contribution in [0.4, 0.5) is 0 Å². The van der Waals surface area contributed by atoms with Crippen molar-refractivity contribution in [2.24, 2.45) is 5.73 Å². The van der Waals surface area contributed by atoms with Gasteiger partial charge in [0.1, 0.15) is 5.41 Å². The van der Waals surface area contributed by atoms with E-state index in [9.17, 15) is 9.90 Å². The number of methoxy groups -OCH3 is 1. The molecule has 1 unspecified atom stereocenters. The second-order valence-electron chi connectivity index (χ2n) is 5.17. The molecular weight excluding hydrogens is 270 g/mol. The van der Waals surface area contributed by atoms with Gasteiger partial charge in [0.15, 0.2) is 0 Å². The number of aryl methyl sites for hydroxylation is 1. The molecule has 0 aliphatic heterocycles. The third-order valence-electron chi connectivity index (χ3n) is 3.67.